The van der Waals surface area contributed by atoms with Crippen LogP contribution in [0.4, 0.5) is 4.79 Å². The Morgan fingerprint density at radius 1 is 1.22 bits per heavy atom. The van der Waals surface area contributed by atoms with Gasteiger partial charge in [0.1, 0.15) is 12.1 Å². The van der Waals surface area contributed by atoms with Gasteiger partial charge in [0, 0.05) is 6.04 Å². The molecule has 0 aromatic rings. The summed E-state index contributed by atoms with van der Waals surface area (Å²) in [5.41, 5.74) is -0.732. The molecule has 0 aromatic heterocycles. The minimum absolute atomic E-state index is 0.146. The lowest BCUT2D eigenvalue weighted by atomic mass is 9.78. The minimum atomic E-state index is -0.732. The lowest BCUT2D eigenvalue weighted by Crippen LogP contribution is -2.49. The smallest absolute Gasteiger partial charge is 0.325 e. The Kier molecular flexibility index (Phi) is 4.34. The van der Waals surface area contributed by atoms with Crippen LogP contribution in [0.3, 0.4) is 0 Å². The van der Waals surface area contributed by atoms with Gasteiger partial charge in [-0.2, -0.15) is 0 Å². The molecule has 3 aliphatic rings. The SMILES string of the molecule is C[C@H]1[C@H](C)CCC[C@H]1NC(=O)CN1C(=O)NC2(CCCC2)C1=O. The van der Waals surface area contributed by atoms with Gasteiger partial charge < -0.3 is 10.6 Å². The minimum Gasteiger partial charge on any atom is -0.352 e. The molecular formula is C17H27N3O3. The van der Waals surface area contributed by atoms with Gasteiger partial charge in [0.25, 0.3) is 5.91 Å². The number of imide groups is 1. The van der Waals surface area contributed by atoms with Crippen molar-refractivity contribution in [2.24, 2.45) is 11.8 Å². The molecular weight excluding hydrogens is 294 g/mol. The van der Waals surface area contributed by atoms with E-state index in [2.05, 4.69) is 24.5 Å². The van der Waals surface area contributed by atoms with Crippen LogP contribution < -0.4 is 10.6 Å². The van der Waals surface area contributed by atoms with Crippen molar-refractivity contribution in [1.82, 2.24) is 15.5 Å². The first-order valence-electron chi connectivity index (χ1n) is 8.86. The van der Waals surface area contributed by atoms with E-state index in [-0.39, 0.29) is 24.4 Å². The zero-order valence-corrected chi connectivity index (χ0v) is 14.1. The van der Waals surface area contributed by atoms with Gasteiger partial charge >= 0.3 is 6.03 Å². The van der Waals surface area contributed by atoms with Crippen molar-refractivity contribution in [3.63, 3.8) is 0 Å². The fourth-order valence-corrected chi connectivity index (χ4v) is 4.32. The second kappa shape index (κ2) is 6.13. The third kappa shape index (κ3) is 2.95. The first-order chi connectivity index (χ1) is 10.9. The van der Waals surface area contributed by atoms with Gasteiger partial charge in [0.05, 0.1) is 0 Å². The van der Waals surface area contributed by atoms with E-state index in [1.807, 2.05) is 0 Å². The van der Waals surface area contributed by atoms with E-state index in [0.29, 0.717) is 24.7 Å². The predicted octanol–water partition coefficient (Wildman–Crippen LogP) is 1.79. The molecule has 0 bridgehead atoms. The molecule has 2 aliphatic carbocycles. The Bertz CT molecular complexity index is 513. The van der Waals surface area contributed by atoms with Crippen LogP contribution in [-0.4, -0.2) is 40.9 Å². The lowest BCUT2D eigenvalue weighted by molar-refractivity contribution is -0.135. The second-order valence-corrected chi connectivity index (χ2v) is 7.55. The maximum Gasteiger partial charge on any atom is 0.325 e. The van der Waals surface area contributed by atoms with Gasteiger partial charge in [0.2, 0.25) is 5.91 Å². The average molecular weight is 321 g/mol. The molecule has 4 amide bonds. The summed E-state index contributed by atoms with van der Waals surface area (Å²) in [5, 5.41) is 5.84. The summed E-state index contributed by atoms with van der Waals surface area (Å²) in [6.45, 7) is 4.21. The van der Waals surface area contributed by atoms with Gasteiger partial charge in [-0.25, -0.2) is 4.79 Å². The third-order valence-corrected chi connectivity index (χ3v) is 6.06. The van der Waals surface area contributed by atoms with Crippen LogP contribution >= 0.6 is 0 Å². The maximum atomic E-state index is 12.5. The fraction of sp³-hybridized carbons (Fsp3) is 0.824. The number of rotatable bonds is 3. The van der Waals surface area contributed by atoms with Crippen LogP contribution in [0.15, 0.2) is 0 Å². The van der Waals surface area contributed by atoms with Crippen molar-refractivity contribution in [1.29, 1.82) is 0 Å². The van der Waals surface area contributed by atoms with E-state index in [1.54, 1.807) is 0 Å². The first-order valence-corrected chi connectivity index (χ1v) is 8.86. The number of hydrogen-bond donors (Lipinski definition) is 2. The number of nitrogens with zero attached hydrogens (tertiary/aromatic N) is 1. The summed E-state index contributed by atoms with van der Waals surface area (Å²) in [6.07, 6.45) is 6.56. The summed E-state index contributed by atoms with van der Waals surface area (Å²) in [4.78, 5) is 38.1. The molecule has 1 spiro atoms. The molecule has 128 valence electrons. The van der Waals surface area contributed by atoms with Gasteiger partial charge in [-0.3, -0.25) is 14.5 Å². The molecule has 3 fully saturated rings. The molecule has 6 heteroatoms. The van der Waals surface area contributed by atoms with Crippen LogP contribution in [0.25, 0.3) is 0 Å². The summed E-state index contributed by atoms with van der Waals surface area (Å²) >= 11 is 0. The summed E-state index contributed by atoms with van der Waals surface area (Å²) in [5.74, 6) is 0.569. The van der Waals surface area contributed by atoms with Crippen molar-refractivity contribution in [2.45, 2.75) is 70.4 Å². The van der Waals surface area contributed by atoms with E-state index in [9.17, 15) is 14.4 Å². The molecule has 1 saturated heterocycles. The van der Waals surface area contributed by atoms with Gasteiger partial charge in [-0.05, 0) is 31.1 Å². The van der Waals surface area contributed by atoms with Gasteiger partial charge in [-0.15, -0.1) is 0 Å². The molecule has 2 N–H and O–H groups in total. The van der Waals surface area contributed by atoms with Crippen LogP contribution in [0.1, 0.15) is 58.8 Å². The molecule has 0 radical (unpaired) electrons. The van der Waals surface area contributed by atoms with Crippen LogP contribution in [-0.2, 0) is 9.59 Å². The summed E-state index contributed by atoms with van der Waals surface area (Å²) < 4.78 is 0. The molecule has 3 atom stereocenters. The fourth-order valence-electron chi connectivity index (χ4n) is 4.32. The Hall–Kier alpha value is -1.59. The highest BCUT2D eigenvalue weighted by atomic mass is 16.2. The van der Waals surface area contributed by atoms with E-state index in [1.165, 1.54) is 6.42 Å². The second-order valence-electron chi connectivity index (χ2n) is 7.55. The molecule has 0 unspecified atom stereocenters. The maximum absolute atomic E-state index is 12.5. The number of urea groups is 1. The van der Waals surface area contributed by atoms with Crippen LogP contribution in [0.5, 0.6) is 0 Å². The zero-order valence-electron chi connectivity index (χ0n) is 14.1. The molecule has 3 rings (SSSR count). The van der Waals surface area contributed by atoms with Gasteiger partial charge in [-0.1, -0.05) is 39.5 Å². The number of carbonyl (C=O) groups excluding carboxylic acids is 3. The Morgan fingerprint density at radius 3 is 2.61 bits per heavy atom. The van der Waals surface area contributed by atoms with Crippen molar-refractivity contribution in [2.75, 3.05) is 6.54 Å². The Balaban J connectivity index is 1.59. The van der Waals surface area contributed by atoms with E-state index < -0.39 is 11.6 Å². The molecule has 23 heavy (non-hydrogen) atoms. The number of nitrogens with one attached hydrogen (secondary N) is 2. The van der Waals surface area contributed by atoms with E-state index >= 15 is 0 Å². The molecule has 0 aromatic carbocycles. The topological polar surface area (TPSA) is 78.5 Å². The van der Waals surface area contributed by atoms with Crippen molar-refractivity contribution in [3.05, 3.63) is 0 Å². The normalized spacial score (nSPS) is 33.1. The number of hydrogen-bond acceptors (Lipinski definition) is 3. The first kappa shape index (κ1) is 16.3. The molecule has 6 nitrogen and oxygen atoms in total. The van der Waals surface area contributed by atoms with Crippen LogP contribution in [0.2, 0.25) is 0 Å². The van der Waals surface area contributed by atoms with Gasteiger partial charge in [0.15, 0.2) is 0 Å². The summed E-state index contributed by atoms with van der Waals surface area (Å²) in [6, 6.07) is -0.274. The quantitative estimate of drug-likeness (QED) is 0.778. The molecule has 1 heterocycles. The highest BCUT2D eigenvalue weighted by Gasteiger charge is 2.52. The largest absolute Gasteiger partial charge is 0.352 e. The van der Waals surface area contributed by atoms with Crippen LogP contribution in [0, 0.1) is 11.8 Å². The monoisotopic (exact) mass is 321 g/mol. The Morgan fingerprint density at radius 2 is 1.91 bits per heavy atom. The lowest BCUT2D eigenvalue weighted by Gasteiger charge is -2.34. The Labute approximate surface area is 137 Å². The average Bonchev–Trinajstić information content (AvgIpc) is 3.06. The number of amides is 4. The zero-order chi connectivity index (χ0) is 16.6. The van der Waals surface area contributed by atoms with Crippen molar-refractivity contribution >= 4 is 17.8 Å². The highest BCUT2D eigenvalue weighted by Crippen LogP contribution is 2.35. The molecule has 1 aliphatic heterocycles. The standard InChI is InChI=1S/C17H27N3O3/c1-11-6-5-7-13(12(11)2)18-14(21)10-20-15(22)17(19-16(20)23)8-3-4-9-17/h11-13H,3-10H2,1-2H3,(H,18,21)(H,19,23)/t11-,12+,13-/m1/s1. The van der Waals surface area contributed by atoms with Crippen molar-refractivity contribution < 1.29 is 14.4 Å². The van der Waals surface area contributed by atoms with Crippen molar-refractivity contribution in [3.8, 4) is 0 Å². The number of carbonyl (C=O) groups is 3. The highest BCUT2D eigenvalue weighted by molar-refractivity contribution is 6.09. The van der Waals surface area contributed by atoms with E-state index in [0.717, 1.165) is 30.6 Å². The van der Waals surface area contributed by atoms with E-state index in [4.69, 9.17) is 0 Å². The third-order valence-electron chi connectivity index (χ3n) is 6.06. The molecule has 2 saturated carbocycles. The predicted molar refractivity (Wildman–Crippen MR) is 85.6 cm³/mol. The summed E-state index contributed by atoms with van der Waals surface area (Å²) in [7, 11) is 0.